The van der Waals surface area contributed by atoms with Crippen molar-refractivity contribution >= 4 is 16.5 Å². The van der Waals surface area contributed by atoms with Gasteiger partial charge in [-0.05, 0) is 30.4 Å². The third kappa shape index (κ3) is 1.93. The standard InChI is InChI=1S/C16H16N2/c1-11-8-13(11)10-18-16-7-6-12(9-17)14-4-2-3-5-15(14)16/h2-7,11,13,18H,8,10H2,1H3. The lowest BCUT2D eigenvalue weighted by molar-refractivity contribution is 0.788. The van der Waals surface area contributed by atoms with Crippen LogP contribution in [0.3, 0.4) is 0 Å². The van der Waals surface area contributed by atoms with Crippen LogP contribution < -0.4 is 5.32 Å². The van der Waals surface area contributed by atoms with Crippen molar-refractivity contribution in [3.05, 3.63) is 42.0 Å². The fourth-order valence-electron chi connectivity index (χ4n) is 2.48. The molecule has 2 heteroatoms. The number of anilines is 1. The molecule has 0 aromatic heterocycles. The van der Waals surface area contributed by atoms with Gasteiger partial charge in [0.25, 0.3) is 0 Å². The Morgan fingerprint density at radius 2 is 1.94 bits per heavy atom. The third-order valence-corrected chi connectivity index (χ3v) is 3.88. The summed E-state index contributed by atoms with van der Waals surface area (Å²) in [5.41, 5.74) is 1.89. The number of benzene rings is 2. The number of rotatable bonds is 3. The van der Waals surface area contributed by atoms with E-state index in [1.165, 1.54) is 6.42 Å². The van der Waals surface area contributed by atoms with Gasteiger partial charge in [-0.1, -0.05) is 31.2 Å². The molecule has 0 heterocycles. The zero-order valence-electron chi connectivity index (χ0n) is 10.5. The van der Waals surface area contributed by atoms with Crippen molar-refractivity contribution in [1.82, 2.24) is 0 Å². The molecule has 1 aliphatic carbocycles. The summed E-state index contributed by atoms with van der Waals surface area (Å²) in [4.78, 5) is 0. The van der Waals surface area contributed by atoms with Crippen LogP contribution in [0.4, 0.5) is 5.69 Å². The molecular weight excluding hydrogens is 220 g/mol. The van der Waals surface area contributed by atoms with Crippen LogP contribution in [0.1, 0.15) is 18.9 Å². The molecule has 0 saturated heterocycles. The van der Waals surface area contributed by atoms with Gasteiger partial charge in [-0.25, -0.2) is 0 Å². The average Bonchev–Trinajstić information content (AvgIpc) is 3.12. The monoisotopic (exact) mass is 236 g/mol. The number of nitrogens with one attached hydrogen (secondary N) is 1. The van der Waals surface area contributed by atoms with Crippen molar-refractivity contribution in [3.8, 4) is 6.07 Å². The zero-order chi connectivity index (χ0) is 12.5. The Kier molecular flexibility index (Phi) is 2.68. The van der Waals surface area contributed by atoms with Gasteiger partial charge in [-0.2, -0.15) is 5.26 Å². The molecule has 90 valence electrons. The minimum absolute atomic E-state index is 0.746. The highest BCUT2D eigenvalue weighted by atomic mass is 14.9. The maximum atomic E-state index is 9.12. The Morgan fingerprint density at radius 3 is 2.61 bits per heavy atom. The summed E-state index contributed by atoms with van der Waals surface area (Å²) in [6.07, 6.45) is 1.33. The average molecular weight is 236 g/mol. The Hall–Kier alpha value is -2.01. The van der Waals surface area contributed by atoms with Crippen molar-refractivity contribution in [3.63, 3.8) is 0 Å². The summed E-state index contributed by atoms with van der Waals surface area (Å²) in [7, 11) is 0. The first kappa shape index (κ1) is 11.1. The first-order valence-electron chi connectivity index (χ1n) is 6.45. The van der Waals surface area contributed by atoms with Gasteiger partial charge < -0.3 is 5.32 Å². The molecule has 1 aliphatic rings. The first-order valence-corrected chi connectivity index (χ1v) is 6.45. The molecule has 0 radical (unpaired) electrons. The summed E-state index contributed by atoms with van der Waals surface area (Å²) in [6.45, 7) is 3.33. The minimum Gasteiger partial charge on any atom is -0.384 e. The van der Waals surface area contributed by atoms with E-state index in [4.69, 9.17) is 5.26 Å². The third-order valence-electron chi connectivity index (χ3n) is 3.88. The van der Waals surface area contributed by atoms with Crippen molar-refractivity contribution < 1.29 is 0 Å². The van der Waals surface area contributed by atoms with Gasteiger partial charge in [-0.3, -0.25) is 0 Å². The van der Waals surface area contributed by atoms with Gasteiger partial charge in [-0.15, -0.1) is 0 Å². The molecule has 2 aromatic carbocycles. The molecule has 2 atom stereocenters. The molecule has 2 nitrogen and oxygen atoms in total. The molecule has 2 aromatic rings. The van der Waals surface area contributed by atoms with Crippen LogP contribution in [0.25, 0.3) is 10.8 Å². The Bertz CT molecular complexity index is 625. The first-order chi connectivity index (χ1) is 8.79. The lowest BCUT2D eigenvalue weighted by Crippen LogP contribution is -2.04. The number of hydrogen-bond donors (Lipinski definition) is 1. The number of fused-ring (bicyclic) bond motifs is 1. The predicted octanol–water partition coefficient (Wildman–Crippen LogP) is 3.78. The van der Waals surface area contributed by atoms with E-state index in [0.717, 1.165) is 40.4 Å². The van der Waals surface area contributed by atoms with Crippen LogP contribution in [-0.4, -0.2) is 6.54 Å². The molecule has 3 rings (SSSR count). The van der Waals surface area contributed by atoms with E-state index in [1.807, 2.05) is 30.3 Å². The lowest BCUT2D eigenvalue weighted by atomic mass is 10.0. The normalized spacial score (nSPS) is 21.6. The topological polar surface area (TPSA) is 35.8 Å². The summed E-state index contributed by atoms with van der Waals surface area (Å²) in [6, 6.07) is 14.3. The highest BCUT2D eigenvalue weighted by Crippen LogP contribution is 2.38. The SMILES string of the molecule is CC1CC1CNc1ccc(C#N)c2ccccc12. The molecule has 1 fully saturated rings. The van der Waals surface area contributed by atoms with Gasteiger partial charge in [0.15, 0.2) is 0 Å². The molecule has 1 saturated carbocycles. The Labute approximate surface area is 107 Å². The smallest absolute Gasteiger partial charge is 0.0998 e. The van der Waals surface area contributed by atoms with Crippen LogP contribution in [0, 0.1) is 23.2 Å². The molecule has 1 N–H and O–H groups in total. The maximum Gasteiger partial charge on any atom is 0.0998 e. The molecule has 2 unspecified atom stereocenters. The second kappa shape index (κ2) is 4.34. The highest BCUT2D eigenvalue weighted by molar-refractivity contribution is 5.97. The van der Waals surface area contributed by atoms with E-state index in [9.17, 15) is 0 Å². The van der Waals surface area contributed by atoms with Crippen LogP contribution in [0.5, 0.6) is 0 Å². The number of nitriles is 1. The molecule has 0 aliphatic heterocycles. The van der Waals surface area contributed by atoms with Crippen molar-refractivity contribution in [2.45, 2.75) is 13.3 Å². The summed E-state index contributed by atoms with van der Waals surface area (Å²) in [5, 5.41) is 14.8. The minimum atomic E-state index is 0.746. The molecule has 0 bridgehead atoms. The summed E-state index contributed by atoms with van der Waals surface area (Å²) in [5.74, 6) is 1.68. The van der Waals surface area contributed by atoms with Crippen molar-refractivity contribution in [2.75, 3.05) is 11.9 Å². The summed E-state index contributed by atoms with van der Waals surface area (Å²) < 4.78 is 0. The fourth-order valence-corrected chi connectivity index (χ4v) is 2.48. The molecule has 0 spiro atoms. The van der Waals surface area contributed by atoms with Crippen molar-refractivity contribution in [1.29, 1.82) is 5.26 Å². The Balaban J connectivity index is 1.94. The van der Waals surface area contributed by atoms with Gasteiger partial charge in [0.1, 0.15) is 0 Å². The van der Waals surface area contributed by atoms with Gasteiger partial charge in [0.05, 0.1) is 11.6 Å². The quantitative estimate of drug-likeness (QED) is 0.880. The van der Waals surface area contributed by atoms with E-state index in [0.29, 0.717) is 0 Å². The largest absolute Gasteiger partial charge is 0.384 e. The van der Waals surface area contributed by atoms with E-state index in [1.54, 1.807) is 0 Å². The zero-order valence-corrected chi connectivity index (χ0v) is 10.5. The maximum absolute atomic E-state index is 9.12. The Morgan fingerprint density at radius 1 is 1.22 bits per heavy atom. The summed E-state index contributed by atoms with van der Waals surface area (Å²) >= 11 is 0. The lowest BCUT2D eigenvalue weighted by Gasteiger charge is -2.10. The second-order valence-corrected chi connectivity index (χ2v) is 5.17. The van der Waals surface area contributed by atoms with Crippen LogP contribution >= 0.6 is 0 Å². The molecular formula is C16H16N2. The second-order valence-electron chi connectivity index (χ2n) is 5.17. The van der Waals surface area contributed by atoms with Gasteiger partial charge in [0.2, 0.25) is 0 Å². The molecule has 18 heavy (non-hydrogen) atoms. The van der Waals surface area contributed by atoms with Gasteiger partial charge in [0, 0.05) is 23.0 Å². The van der Waals surface area contributed by atoms with E-state index in [2.05, 4.69) is 24.4 Å². The van der Waals surface area contributed by atoms with Gasteiger partial charge >= 0.3 is 0 Å². The van der Waals surface area contributed by atoms with Crippen LogP contribution in [0.15, 0.2) is 36.4 Å². The van der Waals surface area contributed by atoms with E-state index < -0.39 is 0 Å². The molecule has 0 amide bonds. The highest BCUT2D eigenvalue weighted by Gasteiger charge is 2.31. The predicted molar refractivity (Wildman–Crippen MR) is 74.4 cm³/mol. The van der Waals surface area contributed by atoms with E-state index in [-0.39, 0.29) is 0 Å². The van der Waals surface area contributed by atoms with Crippen LogP contribution in [0.2, 0.25) is 0 Å². The fraction of sp³-hybridized carbons (Fsp3) is 0.312. The number of hydrogen-bond acceptors (Lipinski definition) is 2. The van der Waals surface area contributed by atoms with Crippen LogP contribution in [-0.2, 0) is 0 Å². The van der Waals surface area contributed by atoms with E-state index >= 15 is 0 Å². The van der Waals surface area contributed by atoms with Crippen molar-refractivity contribution in [2.24, 2.45) is 11.8 Å². The number of nitrogens with zero attached hydrogens (tertiary/aromatic N) is 1.